The fraction of sp³-hybridized carbons (Fsp3) is 0.250. The van der Waals surface area contributed by atoms with Gasteiger partial charge < -0.3 is 0 Å². The predicted octanol–water partition coefficient (Wildman–Crippen LogP) is 2.74. The van der Waals surface area contributed by atoms with E-state index in [0.717, 1.165) is 12.0 Å². The summed E-state index contributed by atoms with van der Waals surface area (Å²) in [4.78, 5) is 15.4. The van der Waals surface area contributed by atoms with E-state index in [4.69, 9.17) is 11.6 Å². The van der Waals surface area contributed by atoms with Gasteiger partial charge in [-0.3, -0.25) is 14.5 Å². The van der Waals surface area contributed by atoms with Crippen LogP contribution >= 0.6 is 11.6 Å². The molecule has 2 aromatic rings. The third-order valence-corrected chi connectivity index (χ3v) is 2.87. The van der Waals surface area contributed by atoms with E-state index in [-0.39, 0.29) is 0 Å². The number of hydrogen-bond acceptors (Lipinski definition) is 3. The van der Waals surface area contributed by atoms with Gasteiger partial charge in [0.1, 0.15) is 10.8 Å². The van der Waals surface area contributed by atoms with Crippen LogP contribution in [-0.2, 0) is 6.54 Å². The van der Waals surface area contributed by atoms with E-state index < -0.39 is 0 Å². The first-order valence-corrected chi connectivity index (χ1v) is 5.70. The number of nitrogens with zero attached hydrogens (tertiary/aromatic N) is 3. The molecule has 0 fully saturated rings. The molecule has 0 unspecified atom stereocenters. The largest absolute Gasteiger partial charge is 0.298 e. The van der Waals surface area contributed by atoms with Gasteiger partial charge in [0.15, 0.2) is 6.29 Å². The molecule has 4 nitrogen and oxygen atoms in total. The molecule has 0 aromatic carbocycles. The lowest BCUT2D eigenvalue weighted by Gasteiger charge is -1.98. The normalized spacial score (nSPS) is 10.5. The van der Waals surface area contributed by atoms with Gasteiger partial charge in [-0.2, -0.15) is 5.10 Å². The zero-order chi connectivity index (χ0) is 12.4. The van der Waals surface area contributed by atoms with Gasteiger partial charge in [-0.1, -0.05) is 17.7 Å². The van der Waals surface area contributed by atoms with Crippen LogP contribution in [0.4, 0.5) is 0 Å². The van der Waals surface area contributed by atoms with Gasteiger partial charge >= 0.3 is 0 Å². The molecule has 2 aromatic heterocycles. The molecule has 0 atom stereocenters. The number of halogens is 1. The first-order valence-electron chi connectivity index (χ1n) is 5.33. The summed E-state index contributed by atoms with van der Waals surface area (Å²) in [6.45, 7) is 4.43. The minimum Gasteiger partial charge on any atom is -0.298 e. The first-order chi connectivity index (χ1) is 8.17. The monoisotopic (exact) mass is 249 g/mol. The Bertz CT molecular complexity index is 563. The van der Waals surface area contributed by atoms with Crippen LogP contribution in [0.3, 0.4) is 0 Å². The number of carbonyl (C=O) groups excluding carboxylic acids is 1. The van der Waals surface area contributed by atoms with Crippen molar-refractivity contribution >= 4 is 17.9 Å². The molecule has 88 valence electrons. The highest BCUT2D eigenvalue weighted by atomic mass is 35.5. The van der Waals surface area contributed by atoms with Gasteiger partial charge in [0.2, 0.25) is 0 Å². The smallest absolute Gasteiger partial charge is 0.155 e. The summed E-state index contributed by atoms with van der Waals surface area (Å²) >= 11 is 6.06. The maximum Gasteiger partial charge on any atom is 0.155 e. The van der Waals surface area contributed by atoms with Crippen molar-refractivity contribution in [2.24, 2.45) is 0 Å². The summed E-state index contributed by atoms with van der Waals surface area (Å²) in [6.07, 6.45) is 0.723. The summed E-state index contributed by atoms with van der Waals surface area (Å²) in [5.74, 6) is 0. The molecular weight excluding hydrogens is 238 g/mol. The standard InChI is InChI=1S/C12H12ClN3O/c1-3-16-12(13)9(7-17)11(15-16)10-6-4-5-8(2)14-10/h4-7H,3H2,1-2H3. The SMILES string of the molecule is CCn1nc(-c2cccc(C)n2)c(C=O)c1Cl. The van der Waals surface area contributed by atoms with E-state index in [2.05, 4.69) is 10.1 Å². The third kappa shape index (κ3) is 2.08. The Kier molecular flexibility index (Phi) is 3.24. The van der Waals surface area contributed by atoms with Gasteiger partial charge in [-0.15, -0.1) is 0 Å². The van der Waals surface area contributed by atoms with Crippen molar-refractivity contribution in [2.75, 3.05) is 0 Å². The van der Waals surface area contributed by atoms with Crippen molar-refractivity contribution in [2.45, 2.75) is 20.4 Å². The molecule has 0 saturated heterocycles. The summed E-state index contributed by atoms with van der Waals surface area (Å²) in [5.41, 5.74) is 2.48. The quantitative estimate of drug-likeness (QED) is 0.786. The highest BCUT2D eigenvalue weighted by molar-refractivity contribution is 6.32. The second kappa shape index (κ2) is 4.67. The van der Waals surface area contributed by atoms with Crippen LogP contribution in [0.5, 0.6) is 0 Å². The van der Waals surface area contributed by atoms with Crippen molar-refractivity contribution in [1.82, 2.24) is 14.8 Å². The number of carbonyl (C=O) groups is 1. The number of hydrogen-bond donors (Lipinski definition) is 0. The zero-order valence-corrected chi connectivity index (χ0v) is 10.4. The number of aldehydes is 1. The molecule has 2 heterocycles. The summed E-state index contributed by atoms with van der Waals surface area (Å²) in [6, 6.07) is 5.59. The summed E-state index contributed by atoms with van der Waals surface area (Å²) in [5, 5.41) is 4.66. The second-order valence-electron chi connectivity index (χ2n) is 3.65. The van der Waals surface area contributed by atoms with Crippen LogP contribution in [-0.4, -0.2) is 21.1 Å². The molecule has 5 heteroatoms. The fourth-order valence-electron chi connectivity index (χ4n) is 1.63. The van der Waals surface area contributed by atoms with E-state index in [1.165, 1.54) is 0 Å². The number of aryl methyl sites for hydroxylation is 2. The van der Waals surface area contributed by atoms with Crippen molar-refractivity contribution in [3.63, 3.8) is 0 Å². The molecule has 0 spiro atoms. The van der Waals surface area contributed by atoms with Crippen molar-refractivity contribution in [3.05, 3.63) is 34.6 Å². The van der Waals surface area contributed by atoms with Crippen molar-refractivity contribution < 1.29 is 4.79 Å². The molecule has 0 aliphatic carbocycles. The molecule has 0 aliphatic heterocycles. The Morgan fingerprint density at radius 2 is 2.24 bits per heavy atom. The lowest BCUT2D eigenvalue weighted by molar-refractivity contribution is 0.112. The first kappa shape index (κ1) is 11.8. The lowest BCUT2D eigenvalue weighted by atomic mass is 10.2. The molecule has 2 rings (SSSR count). The number of rotatable bonds is 3. The Balaban J connectivity index is 2.62. The van der Waals surface area contributed by atoms with Crippen molar-refractivity contribution in [1.29, 1.82) is 0 Å². The predicted molar refractivity (Wildman–Crippen MR) is 66.3 cm³/mol. The Labute approximate surface area is 104 Å². The molecule has 0 saturated carbocycles. The van der Waals surface area contributed by atoms with Gasteiger partial charge in [-0.05, 0) is 26.0 Å². The molecule has 0 aliphatic rings. The van der Waals surface area contributed by atoms with Crippen LogP contribution in [0, 0.1) is 6.92 Å². The van der Waals surface area contributed by atoms with Crippen LogP contribution in [0.15, 0.2) is 18.2 Å². The van der Waals surface area contributed by atoms with Crippen LogP contribution in [0.25, 0.3) is 11.4 Å². The highest BCUT2D eigenvalue weighted by Crippen LogP contribution is 2.26. The Morgan fingerprint density at radius 3 is 2.82 bits per heavy atom. The molecule has 17 heavy (non-hydrogen) atoms. The fourth-order valence-corrected chi connectivity index (χ4v) is 1.92. The van der Waals surface area contributed by atoms with E-state index in [0.29, 0.717) is 28.6 Å². The van der Waals surface area contributed by atoms with Gasteiger partial charge in [0.05, 0.1) is 11.3 Å². The average molecular weight is 250 g/mol. The van der Waals surface area contributed by atoms with Gasteiger partial charge in [0, 0.05) is 12.2 Å². The average Bonchev–Trinajstić information content (AvgIpc) is 2.65. The minimum absolute atomic E-state index is 0.362. The molecule has 0 radical (unpaired) electrons. The van der Waals surface area contributed by atoms with Gasteiger partial charge in [0.25, 0.3) is 0 Å². The second-order valence-corrected chi connectivity index (χ2v) is 4.01. The van der Waals surface area contributed by atoms with Crippen molar-refractivity contribution in [3.8, 4) is 11.4 Å². The van der Waals surface area contributed by atoms with Crippen LogP contribution < -0.4 is 0 Å². The van der Waals surface area contributed by atoms with E-state index in [1.54, 1.807) is 4.68 Å². The maximum absolute atomic E-state index is 11.1. The van der Waals surface area contributed by atoms with Gasteiger partial charge in [-0.25, -0.2) is 0 Å². The highest BCUT2D eigenvalue weighted by Gasteiger charge is 2.17. The van der Waals surface area contributed by atoms with E-state index in [9.17, 15) is 4.79 Å². The number of aromatic nitrogens is 3. The van der Waals surface area contributed by atoms with E-state index >= 15 is 0 Å². The number of pyridine rings is 1. The lowest BCUT2D eigenvalue weighted by Crippen LogP contribution is -1.96. The summed E-state index contributed by atoms with van der Waals surface area (Å²) in [7, 11) is 0. The maximum atomic E-state index is 11.1. The zero-order valence-electron chi connectivity index (χ0n) is 9.64. The van der Waals surface area contributed by atoms with Crippen LogP contribution in [0.2, 0.25) is 5.15 Å². The molecule has 0 N–H and O–H groups in total. The molecule has 0 bridgehead atoms. The summed E-state index contributed by atoms with van der Waals surface area (Å²) < 4.78 is 1.59. The third-order valence-electron chi connectivity index (χ3n) is 2.47. The minimum atomic E-state index is 0.362. The Morgan fingerprint density at radius 1 is 1.47 bits per heavy atom. The molecular formula is C12H12ClN3O. The topological polar surface area (TPSA) is 47.8 Å². The van der Waals surface area contributed by atoms with Crippen LogP contribution in [0.1, 0.15) is 23.0 Å². The molecule has 0 amide bonds. The van der Waals surface area contributed by atoms with E-state index in [1.807, 2.05) is 32.0 Å². The Hall–Kier alpha value is -1.68.